The second kappa shape index (κ2) is 5.41. The maximum absolute atomic E-state index is 5.62. The van der Waals surface area contributed by atoms with Gasteiger partial charge in [-0.2, -0.15) is 5.10 Å². The highest BCUT2D eigenvalue weighted by atomic mass is 15.2. The molecule has 2 aromatic rings. The first-order chi connectivity index (χ1) is 8.29. The van der Waals surface area contributed by atoms with Crippen LogP contribution >= 0.6 is 0 Å². The van der Waals surface area contributed by atoms with Crippen molar-refractivity contribution in [2.75, 3.05) is 11.9 Å². The van der Waals surface area contributed by atoms with Crippen molar-refractivity contribution in [3.63, 3.8) is 0 Å². The second-order valence-electron chi connectivity index (χ2n) is 3.96. The Hall–Kier alpha value is -1.94. The van der Waals surface area contributed by atoms with Crippen molar-refractivity contribution in [3.8, 4) is 0 Å². The highest BCUT2D eigenvalue weighted by molar-refractivity contribution is 5.37. The van der Waals surface area contributed by atoms with Crippen LogP contribution in [0.2, 0.25) is 0 Å². The zero-order valence-electron chi connectivity index (χ0n) is 9.87. The molecule has 0 aliphatic heterocycles. The molecule has 0 amide bonds. The molecule has 2 rings (SSSR count). The van der Waals surface area contributed by atoms with Crippen LogP contribution in [0.3, 0.4) is 0 Å². The molecule has 0 aliphatic rings. The first-order valence-electron chi connectivity index (χ1n) is 5.56. The summed E-state index contributed by atoms with van der Waals surface area (Å²) < 4.78 is 0. The summed E-state index contributed by atoms with van der Waals surface area (Å²) in [6.07, 6.45) is 1.67. The van der Waals surface area contributed by atoms with E-state index in [2.05, 4.69) is 27.2 Å². The van der Waals surface area contributed by atoms with Gasteiger partial charge in [0.2, 0.25) is 0 Å². The van der Waals surface area contributed by atoms with Crippen molar-refractivity contribution in [1.29, 1.82) is 0 Å². The monoisotopic (exact) mass is 228 g/mol. The first kappa shape index (κ1) is 11.5. The van der Waals surface area contributed by atoms with Gasteiger partial charge in [0, 0.05) is 26.3 Å². The highest BCUT2D eigenvalue weighted by Crippen LogP contribution is 2.12. The van der Waals surface area contributed by atoms with Gasteiger partial charge in [-0.25, -0.2) is 0 Å². The number of anilines is 1. The molecular weight excluding hydrogens is 212 g/mol. The predicted molar refractivity (Wildman–Crippen MR) is 68.5 cm³/mol. The summed E-state index contributed by atoms with van der Waals surface area (Å²) in [5, 5.41) is 7.94. The molecule has 0 fully saturated rings. The van der Waals surface area contributed by atoms with E-state index < -0.39 is 0 Å². The van der Waals surface area contributed by atoms with E-state index >= 15 is 0 Å². The first-order valence-corrected chi connectivity index (χ1v) is 5.56. The van der Waals surface area contributed by atoms with Crippen LogP contribution in [0, 0.1) is 0 Å². The van der Waals surface area contributed by atoms with Gasteiger partial charge in [-0.15, -0.1) is 5.10 Å². The Kier molecular flexibility index (Phi) is 3.67. The lowest BCUT2D eigenvalue weighted by atomic mass is 10.1. The van der Waals surface area contributed by atoms with Crippen LogP contribution in [0.25, 0.3) is 0 Å². The SMILES string of the molecule is CN(Cc1cccc(CN)c1)c1cccnn1. The fourth-order valence-electron chi connectivity index (χ4n) is 1.71. The van der Waals surface area contributed by atoms with Gasteiger partial charge in [0.05, 0.1) is 0 Å². The summed E-state index contributed by atoms with van der Waals surface area (Å²) in [4.78, 5) is 2.06. The van der Waals surface area contributed by atoms with E-state index in [4.69, 9.17) is 5.73 Å². The molecule has 0 aliphatic carbocycles. The van der Waals surface area contributed by atoms with Crippen molar-refractivity contribution in [1.82, 2.24) is 10.2 Å². The quantitative estimate of drug-likeness (QED) is 0.863. The van der Waals surface area contributed by atoms with Crippen molar-refractivity contribution < 1.29 is 0 Å². The van der Waals surface area contributed by atoms with Gasteiger partial charge >= 0.3 is 0 Å². The molecule has 88 valence electrons. The van der Waals surface area contributed by atoms with Gasteiger partial charge in [-0.1, -0.05) is 24.3 Å². The van der Waals surface area contributed by atoms with Crippen LogP contribution in [0.1, 0.15) is 11.1 Å². The smallest absolute Gasteiger partial charge is 0.151 e. The number of aromatic nitrogens is 2. The molecule has 1 aromatic carbocycles. The van der Waals surface area contributed by atoms with Gasteiger partial charge in [0.1, 0.15) is 0 Å². The molecule has 4 heteroatoms. The number of hydrogen-bond acceptors (Lipinski definition) is 4. The molecule has 0 radical (unpaired) electrons. The van der Waals surface area contributed by atoms with Crippen molar-refractivity contribution in [2.24, 2.45) is 5.73 Å². The molecule has 2 N–H and O–H groups in total. The fraction of sp³-hybridized carbons (Fsp3) is 0.231. The Morgan fingerprint density at radius 1 is 1.18 bits per heavy atom. The zero-order valence-corrected chi connectivity index (χ0v) is 9.87. The van der Waals surface area contributed by atoms with Crippen molar-refractivity contribution in [3.05, 3.63) is 53.7 Å². The minimum Gasteiger partial charge on any atom is -0.354 e. The lowest BCUT2D eigenvalue weighted by molar-refractivity contribution is 0.864. The summed E-state index contributed by atoms with van der Waals surface area (Å²) in [6, 6.07) is 12.1. The van der Waals surface area contributed by atoms with Gasteiger partial charge in [-0.05, 0) is 23.3 Å². The van der Waals surface area contributed by atoms with E-state index in [0.717, 1.165) is 17.9 Å². The normalized spacial score (nSPS) is 10.2. The van der Waals surface area contributed by atoms with Crippen molar-refractivity contribution in [2.45, 2.75) is 13.1 Å². The molecule has 4 nitrogen and oxygen atoms in total. The Bertz CT molecular complexity index is 470. The molecule has 0 unspecified atom stereocenters. The third-order valence-corrected chi connectivity index (χ3v) is 2.60. The Balaban J connectivity index is 2.10. The summed E-state index contributed by atoms with van der Waals surface area (Å²) in [6.45, 7) is 1.37. The summed E-state index contributed by atoms with van der Waals surface area (Å²) in [7, 11) is 2.00. The predicted octanol–water partition coefficient (Wildman–Crippen LogP) is 1.57. The molecule has 0 spiro atoms. The minimum atomic E-state index is 0.572. The summed E-state index contributed by atoms with van der Waals surface area (Å²) >= 11 is 0. The number of hydrogen-bond donors (Lipinski definition) is 1. The third kappa shape index (κ3) is 3.01. The largest absolute Gasteiger partial charge is 0.354 e. The third-order valence-electron chi connectivity index (χ3n) is 2.60. The number of rotatable bonds is 4. The van der Waals surface area contributed by atoms with E-state index in [1.54, 1.807) is 6.20 Å². The Labute approximate surface area is 101 Å². The average molecular weight is 228 g/mol. The standard InChI is InChI=1S/C13H16N4/c1-17(13-6-3-7-15-16-13)10-12-5-2-4-11(8-12)9-14/h2-8H,9-10,14H2,1H3. The molecule has 17 heavy (non-hydrogen) atoms. The van der Waals surface area contributed by atoms with Crippen LogP contribution in [0.4, 0.5) is 5.82 Å². The number of benzene rings is 1. The van der Waals surface area contributed by atoms with Crippen LogP contribution < -0.4 is 10.6 Å². The fourth-order valence-corrected chi connectivity index (χ4v) is 1.71. The van der Waals surface area contributed by atoms with Gasteiger partial charge in [0.25, 0.3) is 0 Å². The topological polar surface area (TPSA) is 55.0 Å². The van der Waals surface area contributed by atoms with Crippen LogP contribution in [0.5, 0.6) is 0 Å². The Morgan fingerprint density at radius 2 is 2.00 bits per heavy atom. The molecule has 0 saturated heterocycles. The number of nitrogens with two attached hydrogens (primary N) is 1. The van der Waals surface area contributed by atoms with Gasteiger partial charge in [-0.3, -0.25) is 0 Å². The maximum atomic E-state index is 5.62. The van der Waals surface area contributed by atoms with E-state index in [-0.39, 0.29) is 0 Å². The lowest BCUT2D eigenvalue weighted by Crippen LogP contribution is -2.18. The molecule has 1 heterocycles. The summed E-state index contributed by atoms with van der Waals surface area (Å²) in [5.74, 6) is 0.866. The average Bonchev–Trinajstić information content (AvgIpc) is 2.40. The van der Waals surface area contributed by atoms with Gasteiger partial charge in [0.15, 0.2) is 5.82 Å². The molecule has 1 aromatic heterocycles. The molecule has 0 atom stereocenters. The van der Waals surface area contributed by atoms with E-state index in [0.29, 0.717) is 6.54 Å². The lowest BCUT2D eigenvalue weighted by Gasteiger charge is -2.17. The minimum absolute atomic E-state index is 0.572. The molecule has 0 saturated carbocycles. The van der Waals surface area contributed by atoms with Crippen LogP contribution in [-0.4, -0.2) is 17.2 Å². The zero-order chi connectivity index (χ0) is 12.1. The van der Waals surface area contributed by atoms with E-state index in [1.165, 1.54) is 5.56 Å². The van der Waals surface area contributed by atoms with Crippen LogP contribution in [-0.2, 0) is 13.1 Å². The van der Waals surface area contributed by atoms with Crippen molar-refractivity contribution >= 4 is 5.82 Å². The summed E-state index contributed by atoms with van der Waals surface area (Å²) in [5.41, 5.74) is 8.00. The molecular formula is C13H16N4. The van der Waals surface area contributed by atoms with E-state index in [9.17, 15) is 0 Å². The molecule has 0 bridgehead atoms. The second-order valence-corrected chi connectivity index (χ2v) is 3.96. The van der Waals surface area contributed by atoms with Crippen LogP contribution in [0.15, 0.2) is 42.6 Å². The number of nitrogens with zero attached hydrogens (tertiary/aromatic N) is 3. The highest BCUT2D eigenvalue weighted by Gasteiger charge is 2.03. The maximum Gasteiger partial charge on any atom is 0.151 e. The Morgan fingerprint density at radius 3 is 2.71 bits per heavy atom. The van der Waals surface area contributed by atoms with E-state index in [1.807, 2.05) is 31.3 Å². The van der Waals surface area contributed by atoms with Gasteiger partial charge < -0.3 is 10.6 Å².